The van der Waals surface area contributed by atoms with Crippen LogP contribution in [0, 0.1) is 0 Å². The fraction of sp³-hybridized carbons (Fsp3) is 0.647. The van der Waals surface area contributed by atoms with Crippen LogP contribution in [0.4, 0.5) is 0 Å². The number of rotatable bonds is 7. The summed E-state index contributed by atoms with van der Waals surface area (Å²) in [6, 6.07) is 8.67. The molecule has 0 radical (unpaired) electrons. The second kappa shape index (κ2) is 9.11. The van der Waals surface area contributed by atoms with Gasteiger partial charge in [0.2, 0.25) is 0 Å². The fourth-order valence-electron chi connectivity index (χ4n) is 2.75. The number of ether oxygens (including phenoxy) is 1. The van der Waals surface area contributed by atoms with Crippen LogP contribution in [0.3, 0.4) is 0 Å². The first-order valence-electron chi connectivity index (χ1n) is 7.88. The molecule has 112 valence electrons. The lowest BCUT2D eigenvalue weighted by Crippen LogP contribution is -2.32. The Balaban J connectivity index is 1.62. The molecule has 2 rings (SSSR count). The van der Waals surface area contributed by atoms with Crippen LogP contribution in [0.1, 0.15) is 36.8 Å². The van der Waals surface area contributed by atoms with Gasteiger partial charge in [-0.25, -0.2) is 0 Å². The van der Waals surface area contributed by atoms with Crippen molar-refractivity contribution in [1.82, 2.24) is 10.2 Å². The van der Waals surface area contributed by atoms with Gasteiger partial charge in [-0.05, 0) is 37.1 Å². The van der Waals surface area contributed by atoms with E-state index in [0.29, 0.717) is 6.61 Å². The molecule has 1 saturated heterocycles. The summed E-state index contributed by atoms with van der Waals surface area (Å²) in [6.07, 6.45) is 5.58. The maximum atomic E-state index is 5.12. The van der Waals surface area contributed by atoms with E-state index in [1.807, 2.05) is 0 Å². The maximum Gasteiger partial charge on any atom is 0.0713 e. The van der Waals surface area contributed by atoms with Crippen molar-refractivity contribution in [1.29, 1.82) is 0 Å². The normalized spacial score (nSPS) is 17.1. The smallest absolute Gasteiger partial charge is 0.0713 e. The molecule has 0 spiro atoms. The largest absolute Gasteiger partial charge is 0.380 e. The van der Waals surface area contributed by atoms with Gasteiger partial charge in [-0.15, -0.1) is 0 Å². The highest BCUT2D eigenvalue weighted by Crippen LogP contribution is 2.09. The Bertz CT molecular complexity index is 356. The maximum absolute atomic E-state index is 5.12. The van der Waals surface area contributed by atoms with E-state index < -0.39 is 0 Å². The Morgan fingerprint density at radius 2 is 1.65 bits per heavy atom. The molecular weight excluding hydrogens is 248 g/mol. The Morgan fingerprint density at radius 3 is 2.30 bits per heavy atom. The number of nitrogens with zero attached hydrogens (tertiary/aromatic N) is 1. The minimum absolute atomic E-state index is 0.697. The van der Waals surface area contributed by atoms with Gasteiger partial charge in [0.15, 0.2) is 0 Å². The molecule has 1 aromatic rings. The lowest BCUT2D eigenvalue weighted by molar-refractivity contribution is 0.185. The highest BCUT2D eigenvalue weighted by Gasteiger charge is 2.07. The number of methoxy groups -OCH3 is 1. The summed E-state index contributed by atoms with van der Waals surface area (Å²) in [7, 11) is 1.73. The average Bonchev–Trinajstić information content (AvgIpc) is 2.74. The van der Waals surface area contributed by atoms with Crippen LogP contribution in [0.25, 0.3) is 0 Å². The second-order valence-corrected chi connectivity index (χ2v) is 5.68. The van der Waals surface area contributed by atoms with Crippen LogP contribution in [0.15, 0.2) is 24.3 Å². The van der Waals surface area contributed by atoms with Crippen LogP contribution in [0.2, 0.25) is 0 Å². The molecule has 0 aliphatic carbocycles. The van der Waals surface area contributed by atoms with Crippen LogP contribution in [-0.2, 0) is 17.9 Å². The molecule has 3 heteroatoms. The van der Waals surface area contributed by atoms with E-state index in [4.69, 9.17) is 4.74 Å². The van der Waals surface area contributed by atoms with Crippen molar-refractivity contribution in [3.63, 3.8) is 0 Å². The molecular formula is C17H28N2O. The monoisotopic (exact) mass is 276 g/mol. The van der Waals surface area contributed by atoms with Crippen LogP contribution < -0.4 is 5.32 Å². The topological polar surface area (TPSA) is 24.5 Å². The predicted molar refractivity (Wildman–Crippen MR) is 83.8 cm³/mol. The molecule has 0 saturated carbocycles. The average molecular weight is 276 g/mol. The minimum atomic E-state index is 0.697. The molecule has 1 aliphatic heterocycles. The zero-order valence-corrected chi connectivity index (χ0v) is 12.7. The summed E-state index contributed by atoms with van der Waals surface area (Å²) in [5, 5.41) is 3.55. The quantitative estimate of drug-likeness (QED) is 0.775. The SMILES string of the molecule is COCc1ccc(CNCCN2CCCCCC2)cc1. The van der Waals surface area contributed by atoms with Crippen LogP contribution in [-0.4, -0.2) is 38.2 Å². The lowest BCUT2D eigenvalue weighted by Gasteiger charge is -2.19. The molecule has 1 aliphatic rings. The highest BCUT2D eigenvalue weighted by atomic mass is 16.5. The lowest BCUT2D eigenvalue weighted by atomic mass is 10.1. The van der Waals surface area contributed by atoms with Gasteiger partial charge in [0.1, 0.15) is 0 Å². The van der Waals surface area contributed by atoms with Gasteiger partial charge in [-0.1, -0.05) is 37.1 Å². The van der Waals surface area contributed by atoms with E-state index in [9.17, 15) is 0 Å². The first-order chi connectivity index (χ1) is 9.88. The molecule has 0 aromatic heterocycles. The van der Waals surface area contributed by atoms with Gasteiger partial charge in [-0.2, -0.15) is 0 Å². The van der Waals surface area contributed by atoms with Crippen molar-refractivity contribution in [3.8, 4) is 0 Å². The summed E-state index contributed by atoms with van der Waals surface area (Å²) in [6.45, 7) is 6.49. The first-order valence-corrected chi connectivity index (χ1v) is 7.88. The van der Waals surface area contributed by atoms with E-state index in [1.54, 1.807) is 7.11 Å². The van der Waals surface area contributed by atoms with Crippen molar-refractivity contribution >= 4 is 0 Å². The van der Waals surface area contributed by atoms with E-state index in [2.05, 4.69) is 34.5 Å². The number of nitrogens with one attached hydrogen (secondary N) is 1. The van der Waals surface area contributed by atoms with E-state index in [-0.39, 0.29) is 0 Å². The van der Waals surface area contributed by atoms with Crippen LogP contribution >= 0.6 is 0 Å². The molecule has 1 aromatic carbocycles. The number of hydrogen-bond acceptors (Lipinski definition) is 3. The van der Waals surface area contributed by atoms with Crippen molar-refractivity contribution in [2.75, 3.05) is 33.3 Å². The zero-order chi connectivity index (χ0) is 14.0. The molecule has 20 heavy (non-hydrogen) atoms. The first kappa shape index (κ1) is 15.5. The van der Waals surface area contributed by atoms with Crippen molar-refractivity contribution in [3.05, 3.63) is 35.4 Å². The molecule has 0 amide bonds. The molecule has 1 N–H and O–H groups in total. The summed E-state index contributed by atoms with van der Waals surface area (Å²) in [4.78, 5) is 2.60. The van der Waals surface area contributed by atoms with Gasteiger partial charge in [-0.3, -0.25) is 0 Å². The molecule has 0 bridgehead atoms. The Hall–Kier alpha value is -0.900. The van der Waals surface area contributed by atoms with Crippen molar-refractivity contribution in [2.45, 2.75) is 38.8 Å². The van der Waals surface area contributed by atoms with Gasteiger partial charge in [0, 0.05) is 26.7 Å². The molecule has 1 heterocycles. The van der Waals surface area contributed by atoms with Gasteiger partial charge < -0.3 is 15.0 Å². The Kier molecular flexibility index (Phi) is 7.06. The van der Waals surface area contributed by atoms with Crippen molar-refractivity contribution in [2.24, 2.45) is 0 Å². The highest BCUT2D eigenvalue weighted by molar-refractivity contribution is 5.21. The summed E-state index contributed by atoms with van der Waals surface area (Å²) >= 11 is 0. The zero-order valence-electron chi connectivity index (χ0n) is 12.7. The number of hydrogen-bond donors (Lipinski definition) is 1. The van der Waals surface area contributed by atoms with Crippen LogP contribution in [0.5, 0.6) is 0 Å². The Labute approximate surface area is 123 Å². The molecule has 1 fully saturated rings. The second-order valence-electron chi connectivity index (χ2n) is 5.68. The van der Waals surface area contributed by atoms with E-state index >= 15 is 0 Å². The van der Waals surface area contributed by atoms with E-state index in [1.165, 1.54) is 56.4 Å². The van der Waals surface area contributed by atoms with Gasteiger partial charge in [0.05, 0.1) is 6.61 Å². The predicted octanol–water partition coefficient (Wildman–Crippen LogP) is 2.80. The minimum Gasteiger partial charge on any atom is -0.380 e. The third-order valence-electron chi connectivity index (χ3n) is 3.97. The summed E-state index contributed by atoms with van der Waals surface area (Å²) < 4.78 is 5.12. The molecule has 3 nitrogen and oxygen atoms in total. The Morgan fingerprint density at radius 1 is 1.00 bits per heavy atom. The number of benzene rings is 1. The molecule has 0 atom stereocenters. The molecule has 0 unspecified atom stereocenters. The summed E-state index contributed by atoms with van der Waals surface area (Å²) in [5.41, 5.74) is 2.58. The summed E-state index contributed by atoms with van der Waals surface area (Å²) in [5.74, 6) is 0. The standard InChI is InChI=1S/C17H28N2O/c1-20-15-17-8-6-16(7-9-17)14-18-10-13-19-11-4-2-3-5-12-19/h6-9,18H,2-5,10-15H2,1H3. The number of likely N-dealkylation sites (tertiary alicyclic amines) is 1. The third kappa shape index (κ3) is 5.61. The van der Waals surface area contributed by atoms with E-state index in [0.717, 1.165) is 13.1 Å². The fourth-order valence-corrected chi connectivity index (χ4v) is 2.75. The third-order valence-corrected chi connectivity index (χ3v) is 3.97. The van der Waals surface area contributed by atoms with Crippen molar-refractivity contribution < 1.29 is 4.74 Å². The van der Waals surface area contributed by atoms with Gasteiger partial charge >= 0.3 is 0 Å². The van der Waals surface area contributed by atoms with Gasteiger partial charge in [0.25, 0.3) is 0 Å².